The molecule has 0 unspecified atom stereocenters. The number of halogens is 2. The third-order valence-electron chi connectivity index (χ3n) is 3.55. The van der Waals surface area contributed by atoms with E-state index in [1.807, 2.05) is 0 Å². The molecule has 0 spiro atoms. The standard InChI is InChI=1S/C10H16F2O/c11-10(12)4-3-7-5-9(13)2-1-8(7)6-10/h7-9,13H,1-6H2/t7-,8+,9-/m0/s1. The molecule has 3 heteroatoms. The summed E-state index contributed by atoms with van der Waals surface area (Å²) in [4.78, 5) is 0. The highest BCUT2D eigenvalue weighted by Gasteiger charge is 2.43. The quantitative estimate of drug-likeness (QED) is 0.622. The van der Waals surface area contributed by atoms with Gasteiger partial charge in [0.05, 0.1) is 6.10 Å². The van der Waals surface area contributed by atoms with Crippen LogP contribution in [0.1, 0.15) is 38.5 Å². The topological polar surface area (TPSA) is 20.2 Å². The second-order valence-corrected chi connectivity index (χ2v) is 4.59. The fraction of sp³-hybridized carbons (Fsp3) is 1.00. The number of hydrogen-bond acceptors (Lipinski definition) is 1. The fourth-order valence-electron chi connectivity index (χ4n) is 2.81. The van der Waals surface area contributed by atoms with Crippen LogP contribution in [-0.4, -0.2) is 17.1 Å². The van der Waals surface area contributed by atoms with Gasteiger partial charge in [0.1, 0.15) is 0 Å². The molecule has 2 fully saturated rings. The van der Waals surface area contributed by atoms with E-state index in [0.717, 1.165) is 19.3 Å². The number of rotatable bonds is 0. The van der Waals surface area contributed by atoms with Crippen LogP contribution in [-0.2, 0) is 0 Å². The Morgan fingerprint density at radius 1 is 1.08 bits per heavy atom. The molecule has 1 nitrogen and oxygen atoms in total. The minimum atomic E-state index is -2.43. The lowest BCUT2D eigenvalue weighted by molar-refractivity contribution is -0.0886. The summed E-state index contributed by atoms with van der Waals surface area (Å²) in [7, 11) is 0. The van der Waals surface area contributed by atoms with Gasteiger partial charge in [0, 0.05) is 12.8 Å². The molecule has 0 amide bonds. The first kappa shape index (κ1) is 9.38. The molecule has 0 radical (unpaired) electrons. The predicted octanol–water partition coefficient (Wildman–Crippen LogP) is 2.58. The first-order chi connectivity index (χ1) is 6.07. The number of alkyl halides is 2. The highest BCUT2D eigenvalue weighted by Crippen LogP contribution is 2.46. The van der Waals surface area contributed by atoms with Crippen molar-refractivity contribution in [2.75, 3.05) is 0 Å². The van der Waals surface area contributed by atoms with Gasteiger partial charge < -0.3 is 5.11 Å². The molecule has 2 saturated carbocycles. The smallest absolute Gasteiger partial charge is 0.248 e. The van der Waals surface area contributed by atoms with Crippen molar-refractivity contribution in [3.63, 3.8) is 0 Å². The number of hydrogen-bond donors (Lipinski definition) is 1. The van der Waals surface area contributed by atoms with E-state index in [1.54, 1.807) is 0 Å². The third-order valence-corrected chi connectivity index (χ3v) is 3.55. The second kappa shape index (κ2) is 3.19. The van der Waals surface area contributed by atoms with Gasteiger partial charge in [0.2, 0.25) is 5.92 Å². The van der Waals surface area contributed by atoms with Crippen LogP contribution in [0.3, 0.4) is 0 Å². The molecular formula is C10H16F2O. The van der Waals surface area contributed by atoms with Crippen LogP contribution in [0.4, 0.5) is 8.78 Å². The van der Waals surface area contributed by atoms with E-state index < -0.39 is 5.92 Å². The molecule has 0 aromatic carbocycles. The van der Waals surface area contributed by atoms with Gasteiger partial charge in [-0.15, -0.1) is 0 Å². The van der Waals surface area contributed by atoms with E-state index in [-0.39, 0.29) is 24.9 Å². The van der Waals surface area contributed by atoms with Gasteiger partial charge in [0.15, 0.2) is 0 Å². The van der Waals surface area contributed by atoms with Crippen molar-refractivity contribution in [3.8, 4) is 0 Å². The maximum absolute atomic E-state index is 13.0. The summed E-state index contributed by atoms with van der Waals surface area (Å²) < 4.78 is 26.0. The molecule has 0 aliphatic heterocycles. The van der Waals surface area contributed by atoms with E-state index in [2.05, 4.69) is 0 Å². The molecule has 0 aromatic heterocycles. The van der Waals surface area contributed by atoms with E-state index in [1.165, 1.54) is 0 Å². The van der Waals surface area contributed by atoms with E-state index in [9.17, 15) is 13.9 Å². The van der Waals surface area contributed by atoms with Crippen LogP contribution >= 0.6 is 0 Å². The molecule has 76 valence electrons. The van der Waals surface area contributed by atoms with E-state index in [4.69, 9.17) is 0 Å². The average molecular weight is 190 g/mol. The monoisotopic (exact) mass is 190 g/mol. The van der Waals surface area contributed by atoms with Crippen molar-refractivity contribution in [1.82, 2.24) is 0 Å². The minimum absolute atomic E-state index is 0.0287. The zero-order chi connectivity index (χ0) is 9.47. The van der Waals surface area contributed by atoms with Gasteiger partial charge in [-0.05, 0) is 37.5 Å². The van der Waals surface area contributed by atoms with Crippen molar-refractivity contribution in [2.24, 2.45) is 11.8 Å². The van der Waals surface area contributed by atoms with E-state index in [0.29, 0.717) is 12.3 Å². The highest BCUT2D eigenvalue weighted by atomic mass is 19.3. The summed E-state index contributed by atoms with van der Waals surface area (Å²) in [6.07, 6.45) is 2.73. The van der Waals surface area contributed by atoms with Gasteiger partial charge in [0.25, 0.3) is 0 Å². The Morgan fingerprint density at radius 2 is 1.85 bits per heavy atom. The number of fused-ring (bicyclic) bond motifs is 1. The molecule has 3 atom stereocenters. The summed E-state index contributed by atoms with van der Waals surface area (Å²) in [5.74, 6) is -1.89. The Balaban J connectivity index is 1.98. The fourth-order valence-corrected chi connectivity index (χ4v) is 2.81. The van der Waals surface area contributed by atoms with Crippen molar-refractivity contribution >= 4 is 0 Å². The maximum Gasteiger partial charge on any atom is 0.248 e. The lowest BCUT2D eigenvalue weighted by Gasteiger charge is -2.40. The van der Waals surface area contributed by atoms with Gasteiger partial charge in [-0.2, -0.15) is 0 Å². The van der Waals surface area contributed by atoms with Crippen molar-refractivity contribution < 1.29 is 13.9 Å². The molecule has 0 saturated heterocycles. The summed E-state index contributed by atoms with van der Waals surface area (Å²) in [6, 6.07) is 0. The van der Waals surface area contributed by atoms with E-state index >= 15 is 0 Å². The first-order valence-electron chi connectivity index (χ1n) is 5.13. The molecule has 0 heterocycles. The zero-order valence-corrected chi connectivity index (χ0v) is 7.68. The summed E-state index contributed by atoms with van der Waals surface area (Å²) in [5.41, 5.74) is 0. The van der Waals surface area contributed by atoms with Crippen LogP contribution in [0, 0.1) is 11.8 Å². The molecule has 2 rings (SSSR count). The molecule has 0 bridgehead atoms. The normalized spacial score (nSPS) is 44.1. The minimum Gasteiger partial charge on any atom is -0.393 e. The molecule has 2 aliphatic carbocycles. The molecule has 0 aromatic rings. The number of aliphatic hydroxyl groups excluding tert-OH is 1. The molecule has 1 N–H and O–H groups in total. The maximum atomic E-state index is 13.0. The predicted molar refractivity (Wildman–Crippen MR) is 45.6 cm³/mol. The lowest BCUT2D eigenvalue weighted by Crippen LogP contribution is -2.37. The lowest BCUT2D eigenvalue weighted by atomic mass is 9.69. The molecule has 13 heavy (non-hydrogen) atoms. The van der Waals surface area contributed by atoms with Crippen molar-refractivity contribution in [1.29, 1.82) is 0 Å². The average Bonchev–Trinajstić information content (AvgIpc) is 2.05. The van der Waals surface area contributed by atoms with Gasteiger partial charge in [-0.3, -0.25) is 0 Å². The van der Waals surface area contributed by atoms with Gasteiger partial charge in [-0.25, -0.2) is 8.78 Å². The van der Waals surface area contributed by atoms with Crippen molar-refractivity contribution in [2.45, 2.75) is 50.6 Å². The van der Waals surface area contributed by atoms with Crippen LogP contribution < -0.4 is 0 Å². The Kier molecular flexibility index (Phi) is 2.30. The number of aliphatic hydroxyl groups is 1. The first-order valence-corrected chi connectivity index (χ1v) is 5.13. The summed E-state index contributed by atoms with van der Waals surface area (Å²) >= 11 is 0. The van der Waals surface area contributed by atoms with Crippen LogP contribution in [0.5, 0.6) is 0 Å². The van der Waals surface area contributed by atoms with Crippen LogP contribution in [0.15, 0.2) is 0 Å². The van der Waals surface area contributed by atoms with Gasteiger partial charge >= 0.3 is 0 Å². The Bertz CT molecular complexity index is 193. The van der Waals surface area contributed by atoms with Crippen molar-refractivity contribution in [3.05, 3.63) is 0 Å². The third kappa shape index (κ3) is 2.01. The Hall–Kier alpha value is -0.180. The van der Waals surface area contributed by atoms with Crippen LogP contribution in [0.2, 0.25) is 0 Å². The van der Waals surface area contributed by atoms with Crippen LogP contribution in [0.25, 0.3) is 0 Å². The largest absolute Gasteiger partial charge is 0.393 e. The second-order valence-electron chi connectivity index (χ2n) is 4.59. The Morgan fingerprint density at radius 3 is 2.62 bits per heavy atom. The summed E-state index contributed by atoms with van der Waals surface area (Å²) in [6.45, 7) is 0. The molecular weight excluding hydrogens is 174 g/mol. The summed E-state index contributed by atoms with van der Waals surface area (Å²) in [5, 5.41) is 9.39. The molecule has 2 aliphatic rings. The van der Waals surface area contributed by atoms with Gasteiger partial charge in [-0.1, -0.05) is 0 Å². The SMILES string of the molecule is O[C@H]1CC[C@@H]2CC(F)(F)CC[C@H]2C1. The zero-order valence-electron chi connectivity index (χ0n) is 7.68. The highest BCUT2D eigenvalue weighted by molar-refractivity contribution is 4.88. The Labute approximate surface area is 77.1 Å².